The fourth-order valence-electron chi connectivity index (χ4n) is 2.27. The first-order valence-electron chi connectivity index (χ1n) is 6.71. The third-order valence-corrected chi connectivity index (χ3v) is 3.75. The SMILES string of the molecule is Cn1nnc2cc(-c3noc(-c4ccc(F)c(Cl)c4)n3)ccc21. The molecular formula is C15H9ClFN5O. The van der Waals surface area contributed by atoms with Crippen LogP contribution in [0.1, 0.15) is 0 Å². The predicted molar refractivity (Wildman–Crippen MR) is 82.2 cm³/mol. The molecule has 0 radical (unpaired) electrons. The summed E-state index contributed by atoms with van der Waals surface area (Å²) in [5.41, 5.74) is 2.95. The Balaban J connectivity index is 1.74. The molecule has 2 aromatic heterocycles. The van der Waals surface area contributed by atoms with Crippen LogP contribution in [-0.2, 0) is 7.05 Å². The average molecular weight is 330 g/mol. The maximum Gasteiger partial charge on any atom is 0.258 e. The second kappa shape index (κ2) is 5.13. The molecule has 0 amide bonds. The van der Waals surface area contributed by atoms with Crippen molar-refractivity contribution in [3.8, 4) is 22.8 Å². The minimum absolute atomic E-state index is 0.00299. The van der Waals surface area contributed by atoms with E-state index >= 15 is 0 Å². The number of hydrogen-bond donors (Lipinski definition) is 0. The van der Waals surface area contributed by atoms with Gasteiger partial charge < -0.3 is 4.52 Å². The van der Waals surface area contributed by atoms with Crippen LogP contribution in [0.3, 0.4) is 0 Å². The summed E-state index contributed by atoms with van der Waals surface area (Å²) in [5.74, 6) is 0.178. The number of nitrogens with zero attached hydrogens (tertiary/aromatic N) is 5. The Kier molecular flexibility index (Phi) is 3.09. The molecule has 0 aliphatic carbocycles. The molecule has 0 unspecified atom stereocenters. The van der Waals surface area contributed by atoms with Crippen LogP contribution >= 0.6 is 11.6 Å². The first-order valence-corrected chi connectivity index (χ1v) is 7.08. The maximum atomic E-state index is 13.2. The summed E-state index contributed by atoms with van der Waals surface area (Å²) in [5, 5.41) is 12.0. The molecule has 0 spiro atoms. The molecule has 2 heterocycles. The number of rotatable bonds is 2. The standard InChI is InChI=1S/C15H9ClFN5O/c1-22-13-5-3-8(7-12(13)19-21-22)14-18-15(23-20-14)9-2-4-11(17)10(16)6-9/h2-7H,1H3. The third kappa shape index (κ3) is 2.35. The highest BCUT2D eigenvalue weighted by Gasteiger charge is 2.13. The van der Waals surface area contributed by atoms with Gasteiger partial charge in [-0.05, 0) is 36.4 Å². The van der Waals surface area contributed by atoms with Crippen molar-refractivity contribution in [2.45, 2.75) is 0 Å². The zero-order chi connectivity index (χ0) is 16.0. The van der Waals surface area contributed by atoms with E-state index in [9.17, 15) is 4.39 Å². The van der Waals surface area contributed by atoms with Crippen molar-refractivity contribution in [1.82, 2.24) is 25.1 Å². The van der Waals surface area contributed by atoms with E-state index in [0.717, 1.165) is 16.6 Å². The molecule has 114 valence electrons. The Morgan fingerprint density at radius 1 is 1.13 bits per heavy atom. The number of hydrogen-bond acceptors (Lipinski definition) is 5. The topological polar surface area (TPSA) is 69.6 Å². The third-order valence-electron chi connectivity index (χ3n) is 3.46. The van der Waals surface area contributed by atoms with Crippen LogP contribution in [0.2, 0.25) is 5.02 Å². The minimum atomic E-state index is -0.497. The molecule has 4 rings (SSSR count). The van der Waals surface area contributed by atoms with E-state index in [4.69, 9.17) is 16.1 Å². The van der Waals surface area contributed by atoms with Crippen molar-refractivity contribution in [2.75, 3.05) is 0 Å². The Hall–Kier alpha value is -2.80. The fourth-order valence-corrected chi connectivity index (χ4v) is 2.45. The summed E-state index contributed by atoms with van der Waals surface area (Å²) >= 11 is 5.77. The van der Waals surface area contributed by atoms with Gasteiger partial charge in [-0.2, -0.15) is 4.98 Å². The Bertz CT molecular complexity index is 1030. The molecule has 0 aliphatic rings. The molecule has 23 heavy (non-hydrogen) atoms. The molecular weight excluding hydrogens is 321 g/mol. The van der Waals surface area contributed by atoms with Crippen molar-refractivity contribution in [3.63, 3.8) is 0 Å². The largest absolute Gasteiger partial charge is 0.334 e. The number of aromatic nitrogens is 5. The van der Waals surface area contributed by atoms with Crippen molar-refractivity contribution in [3.05, 3.63) is 47.2 Å². The monoisotopic (exact) mass is 329 g/mol. The fraction of sp³-hybridized carbons (Fsp3) is 0.0667. The van der Waals surface area contributed by atoms with Crippen LogP contribution < -0.4 is 0 Å². The van der Waals surface area contributed by atoms with Gasteiger partial charge in [0.25, 0.3) is 5.89 Å². The summed E-state index contributed by atoms with van der Waals surface area (Å²) in [6.07, 6.45) is 0. The van der Waals surface area contributed by atoms with Crippen LogP contribution in [0, 0.1) is 5.82 Å². The van der Waals surface area contributed by atoms with Crippen molar-refractivity contribution >= 4 is 22.6 Å². The average Bonchev–Trinajstić information content (AvgIpc) is 3.17. The summed E-state index contributed by atoms with van der Waals surface area (Å²) in [7, 11) is 1.82. The van der Waals surface area contributed by atoms with Crippen molar-refractivity contribution < 1.29 is 8.91 Å². The molecule has 0 fully saturated rings. The van der Waals surface area contributed by atoms with Gasteiger partial charge in [-0.3, -0.25) is 0 Å². The summed E-state index contributed by atoms with van der Waals surface area (Å²) in [4.78, 5) is 4.32. The highest BCUT2D eigenvalue weighted by molar-refractivity contribution is 6.31. The lowest BCUT2D eigenvalue weighted by atomic mass is 10.2. The predicted octanol–water partition coefficient (Wildman–Crippen LogP) is 3.48. The van der Waals surface area contributed by atoms with Gasteiger partial charge in [0.15, 0.2) is 0 Å². The van der Waals surface area contributed by atoms with Gasteiger partial charge in [0.1, 0.15) is 11.3 Å². The Morgan fingerprint density at radius 2 is 1.96 bits per heavy atom. The van der Waals surface area contributed by atoms with Crippen LogP contribution in [0.15, 0.2) is 40.9 Å². The molecule has 2 aromatic carbocycles. The van der Waals surface area contributed by atoms with Crippen molar-refractivity contribution in [2.24, 2.45) is 7.05 Å². The lowest BCUT2D eigenvalue weighted by Gasteiger charge is -1.96. The highest BCUT2D eigenvalue weighted by Crippen LogP contribution is 2.26. The Morgan fingerprint density at radius 3 is 2.78 bits per heavy atom. The molecule has 0 aliphatic heterocycles. The van der Waals surface area contributed by atoms with Gasteiger partial charge in [0, 0.05) is 18.2 Å². The number of aryl methyl sites for hydroxylation is 1. The number of benzene rings is 2. The highest BCUT2D eigenvalue weighted by atomic mass is 35.5. The smallest absolute Gasteiger partial charge is 0.258 e. The van der Waals surface area contributed by atoms with E-state index in [-0.39, 0.29) is 10.9 Å². The normalized spacial score (nSPS) is 11.3. The number of fused-ring (bicyclic) bond motifs is 1. The summed E-state index contributed by atoms with van der Waals surface area (Å²) in [6.45, 7) is 0. The van der Waals surface area contributed by atoms with E-state index in [2.05, 4.69) is 20.5 Å². The lowest BCUT2D eigenvalue weighted by molar-refractivity contribution is 0.432. The van der Waals surface area contributed by atoms with E-state index in [1.807, 2.05) is 25.2 Å². The molecule has 0 N–H and O–H groups in total. The second-order valence-corrected chi connectivity index (χ2v) is 5.38. The Labute approximate surface area is 134 Å². The molecule has 0 saturated heterocycles. The quantitative estimate of drug-likeness (QED) is 0.563. The second-order valence-electron chi connectivity index (χ2n) is 4.97. The summed E-state index contributed by atoms with van der Waals surface area (Å²) in [6, 6.07) is 9.81. The van der Waals surface area contributed by atoms with Crippen LogP contribution in [0.25, 0.3) is 33.9 Å². The van der Waals surface area contributed by atoms with Gasteiger partial charge in [-0.15, -0.1) is 5.10 Å². The molecule has 0 atom stereocenters. The zero-order valence-corrected chi connectivity index (χ0v) is 12.6. The van der Waals surface area contributed by atoms with Gasteiger partial charge in [0.2, 0.25) is 5.82 Å². The van der Waals surface area contributed by atoms with Gasteiger partial charge in [-0.1, -0.05) is 22.0 Å². The molecule has 4 aromatic rings. The lowest BCUT2D eigenvalue weighted by Crippen LogP contribution is -1.89. The van der Waals surface area contributed by atoms with Crippen LogP contribution in [0.5, 0.6) is 0 Å². The number of halogens is 2. The van der Waals surface area contributed by atoms with Crippen LogP contribution in [-0.4, -0.2) is 25.1 Å². The van der Waals surface area contributed by atoms with E-state index in [1.165, 1.54) is 18.2 Å². The van der Waals surface area contributed by atoms with Crippen molar-refractivity contribution in [1.29, 1.82) is 0 Å². The van der Waals surface area contributed by atoms with E-state index in [0.29, 0.717) is 11.4 Å². The molecule has 0 bridgehead atoms. The minimum Gasteiger partial charge on any atom is -0.334 e. The first-order chi connectivity index (χ1) is 11.1. The summed E-state index contributed by atoms with van der Waals surface area (Å²) < 4.78 is 20.1. The van der Waals surface area contributed by atoms with Gasteiger partial charge in [0.05, 0.1) is 10.5 Å². The van der Waals surface area contributed by atoms with Gasteiger partial charge >= 0.3 is 0 Å². The van der Waals surface area contributed by atoms with Gasteiger partial charge in [-0.25, -0.2) is 9.07 Å². The maximum absolute atomic E-state index is 13.2. The van der Waals surface area contributed by atoms with Crippen LogP contribution in [0.4, 0.5) is 4.39 Å². The molecule has 8 heteroatoms. The first kappa shape index (κ1) is 13.8. The van der Waals surface area contributed by atoms with E-state index in [1.54, 1.807) is 4.68 Å². The molecule has 6 nitrogen and oxygen atoms in total. The van der Waals surface area contributed by atoms with E-state index < -0.39 is 5.82 Å². The zero-order valence-electron chi connectivity index (χ0n) is 11.9. The molecule has 0 saturated carbocycles.